The molecule has 2 aromatic rings. The minimum absolute atomic E-state index is 0.157. The van der Waals surface area contributed by atoms with Crippen molar-refractivity contribution < 1.29 is 4.42 Å². The van der Waals surface area contributed by atoms with Crippen LogP contribution in [-0.2, 0) is 0 Å². The Labute approximate surface area is 101 Å². The number of nitrogens with zero attached hydrogens (tertiary/aromatic N) is 3. The SMILES string of the molecule is Clc1cnnc(Cl)c1NN=Cc1ccco1. The minimum Gasteiger partial charge on any atom is -0.463 e. The van der Waals surface area contributed by atoms with Gasteiger partial charge >= 0.3 is 0 Å². The highest BCUT2D eigenvalue weighted by molar-refractivity contribution is 6.38. The lowest BCUT2D eigenvalue weighted by atomic mass is 10.5. The van der Waals surface area contributed by atoms with Crippen molar-refractivity contribution in [3.8, 4) is 0 Å². The molecular weight excluding hydrogens is 251 g/mol. The Balaban J connectivity index is 2.10. The predicted molar refractivity (Wildman–Crippen MR) is 62.0 cm³/mol. The third-order valence-corrected chi connectivity index (χ3v) is 2.22. The first-order chi connectivity index (χ1) is 7.77. The maximum Gasteiger partial charge on any atom is 0.178 e. The summed E-state index contributed by atoms with van der Waals surface area (Å²) >= 11 is 11.6. The Morgan fingerprint density at radius 3 is 3.00 bits per heavy atom. The third-order valence-electron chi connectivity index (χ3n) is 1.67. The normalized spacial score (nSPS) is 10.9. The summed E-state index contributed by atoms with van der Waals surface area (Å²) in [4.78, 5) is 0. The van der Waals surface area contributed by atoms with Crippen molar-refractivity contribution in [1.82, 2.24) is 10.2 Å². The van der Waals surface area contributed by atoms with Crippen molar-refractivity contribution >= 4 is 35.1 Å². The number of halogens is 2. The molecule has 0 amide bonds. The van der Waals surface area contributed by atoms with Crippen LogP contribution in [0.2, 0.25) is 10.2 Å². The third kappa shape index (κ3) is 2.50. The second-order valence-electron chi connectivity index (χ2n) is 2.74. The zero-order valence-electron chi connectivity index (χ0n) is 7.89. The van der Waals surface area contributed by atoms with E-state index in [1.54, 1.807) is 18.4 Å². The molecule has 7 heteroatoms. The number of hydrogen-bond donors (Lipinski definition) is 1. The molecule has 0 aliphatic heterocycles. The summed E-state index contributed by atoms with van der Waals surface area (Å²) < 4.78 is 5.05. The monoisotopic (exact) mass is 256 g/mol. The molecule has 0 unspecified atom stereocenters. The van der Waals surface area contributed by atoms with Gasteiger partial charge in [0, 0.05) is 0 Å². The first kappa shape index (κ1) is 10.9. The highest BCUT2D eigenvalue weighted by atomic mass is 35.5. The van der Waals surface area contributed by atoms with Gasteiger partial charge in [0.1, 0.15) is 11.4 Å². The topological polar surface area (TPSA) is 63.3 Å². The van der Waals surface area contributed by atoms with Crippen molar-refractivity contribution in [3.63, 3.8) is 0 Å². The van der Waals surface area contributed by atoms with Crippen LogP contribution in [0.25, 0.3) is 0 Å². The van der Waals surface area contributed by atoms with E-state index in [0.717, 1.165) is 0 Å². The number of nitrogens with one attached hydrogen (secondary N) is 1. The molecule has 0 saturated carbocycles. The van der Waals surface area contributed by atoms with Gasteiger partial charge in [0.15, 0.2) is 5.15 Å². The van der Waals surface area contributed by atoms with Gasteiger partial charge in [-0.1, -0.05) is 23.2 Å². The van der Waals surface area contributed by atoms with Gasteiger partial charge in [-0.05, 0) is 12.1 Å². The molecule has 0 aliphatic rings. The van der Waals surface area contributed by atoms with Gasteiger partial charge in [-0.2, -0.15) is 10.2 Å². The molecule has 0 aromatic carbocycles. The van der Waals surface area contributed by atoms with Crippen LogP contribution in [0.5, 0.6) is 0 Å². The van der Waals surface area contributed by atoms with Gasteiger partial charge in [-0.3, -0.25) is 5.43 Å². The van der Waals surface area contributed by atoms with E-state index >= 15 is 0 Å². The molecule has 5 nitrogen and oxygen atoms in total. The number of anilines is 1. The Morgan fingerprint density at radius 1 is 1.44 bits per heavy atom. The highest BCUT2D eigenvalue weighted by Gasteiger charge is 2.05. The molecule has 0 bridgehead atoms. The standard InChI is InChI=1S/C9H6Cl2N4O/c10-7-5-13-15-9(11)8(7)14-12-4-6-2-1-3-16-6/h1-5H,(H,13,14). The Morgan fingerprint density at radius 2 is 2.31 bits per heavy atom. The number of furan rings is 1. The predicted octanol–water partition coefficient (Wildman–Crippen LogP) is 2.82. The quantitative estimate of drug-likeness (QED) is 0.678. The lowest BCUT2D eigenvalue weighted by Crippen LogP contribution is -1.95. The van der Waals surface area contributed by atoms with E-state index in [4.69, 9.17) is 27.6 Å². The van der Waals surface area contributed by atoms with Crippen LogP contribution in [0.4, 0.5) is 5.69 Å². The summed E-state index contributed by atoms with van der Waals surface area (Å²) in [5, 5.41) is 11.6. The van der Waals surface area contributed by atoms with Crippen LogP contribution in [0.3, 0.4) is 0 Å². The average Bonchev–Trinajstić information content (AvgIpc) is 2.75. The molecule has 0 atom stereocenters. The van der Waals surface area contributed by atoms with E-state index in [9.17, 15) is 0 Å². The largest absolute Gasteiger partial charge is 0.463 e. The van der Waals surface area contributed by atoms with Gasteiger partial charge in [-0.15, -0.1) is 5.10 Å². The second-order valence-corrected chi connectivity index (χ2v) is 3.51. The smallest absolute Gasteiger partial charge is 0.178 e. The highest BCUT2D eigenvalue weighted by Crippen LogP contribution is 2.26. The molecule has 0 aliphatic carbocycles. The van der Waals surface area contributed by atoms with E-state index in [-0.39, 0.29) is 5.15 Å². The lowest BCUT2D eigenvalue weighted by molar-refractivity contribution is 0.560. The summed E-state index contributed by atoms with van der Waals surface area (Å²) in [6.45, 7) is 0. The molecule has 0 radical (unpaired) electrons. The Bertz CT molecular complexity index is 478. The van der Waals surface area contributed by atoms with E-state index in [1.165, 1.54) is 12.4 Å². The van der Waals surface area contributed by atoms with Gasteiger partial charge < -0.3 is 4.42 Å². The van der Waals surface area contributed by atoms with Crippen molar-refractivity contribution in [2.24, 2.45) is 5.10 Å². The summed E-state index contributed by atoms with van der Waals surface area (Å²) in [6.07, 6.45) is 4.42. The van der Waals surface area contributed by atoms with Crippen LogP contribution in [-0.4, -0.2) is 16.4 Å². The van der Waals surface area contributed by atoms with Crippen LogP contribution in [0.1, 0.15) is 5.76 Å². The minimum atomic E-state index is 0.157. The van der Waals surface area contributed by atoms with Gasteiger partial charge in [-0.25, -0.2) is 0 Å². The summed E-state index contributed by atoms with van der Waals surface area (Å²) in [5.74, 6) is 0.613. The zero-order valence-corrected chi connectivity index (χ0v) is 9.40. The fourth-order valence-corrected chi connectivity index (χ4v) is 1.38. The maximum absolute atomic E-state index is 5.84. The average molecular weight is 257 g/mol. The number of hydrazone groups is 1. The van der Waals surface area contributed by atoms with Crippen LogP contribution >= 0.6 is 23.2 Å². The summed E-state index contributed by atoms with van der Waals surface area (Å²) in [7, 11) is 0. The van der Waals surface area contributed by atoms with E-state index in [1.807, 2.05) is 0 Å². The fourth-order valence-electron chi connectivity index (χ4n) is 0.968. The molecule has 82 valence electrons. The molecule has 0 spiro atoms. The van der Waals surface area contributed by atoms with Crippen LogP contribution in [0.15, 0.2) is 34.1 Å². The zero-order chi connectivity index (χ0) is 11.4. The maximum atomic E-state index is 5.84. The first-order valence-electron chi connectivity index (χ1n) is 4.26. The number of hydrogen-bond acceptors (Lipinski definition) is 5. The van der Waals surface area contributed by atoms with Crippen molar-refractivity contribution in [2.75, 3.05) is 5.43 Å². The second kappa shape index (κ2) is 4.96. The van der Waals surface area contributed by atoms with Crippen molar-refractivity contribution in [3.05, 3.63) is 40.5 Å². The van der Waals surface area contributed by atoms with Gasteiger partial charge in [0.25, 0.3) is 0 Å². The summed E-state index contributed by atoms with van der Waals surface area (Å²) in [5.41, 5.74) is 3.07. The van der Waals surface area contributed by atoms with Crippen molar-refractivity contribution in [2.45, 2.75) is 0 Å². The lowest BCUT2D eigenvalue weighted by Gasteiger charge is -2.02. The van der Waals surface area contributed by atoms with Crippen LogP contribution < -0.4 is 5.43 Å². The van der Waals surface area contributed by atoms with Crippen molar-refractivity contribution in [1.29, 1.82) is 0 Å². The number of aromatic nitrogens is 2. The molecule has 2 aromatic heterocycles. The fraction of sp³-hybridized carbons (Fsp3) is 0. The van der Waals surface area contributed by atoms with Crippen LogP contribution in [0, 0.1) is 0 Å². The molecular formula is C9H6Cl2N4O. The molecule has 2 rings (SSSR count). The molecule has 0 saturated heterocycles. The van der Waals surface area contributed by atoms with Gasteiger partial charge in [0.2, 0.25) is 0 Å². The molecule has 16 heavy (non-hydrogen) atoms. The summed E-state index contributed by atoms with van der Waals surface area (Å²) in [6, 6.07) is 3.52. The molecule has 1 N–H and O–H groups in total. The Kier molecular flexibility index (Phi) is 3.38. The Hall–Kier alpha value is -1.59. The molecule has 0 fully saturated rings. The van der Waals surface area contributed by atoms with Gasteiger partial charge in [0.05, 0.1) is 23.7 Å². The first-order valence-corrected chi connectivity index (χ1v) is 5.02. The van der Waals surface area contributed by atoms with E-state index in [0.29, 0.717) is 16.5 Å². The molecule has 2 heterocycles. The van der Waals surface area contributed by atoms with E-state index < -0.39 is 0 Å². The van der Waals surface area contributed by atoms with E-state index in [2.05, 4.69) is 20.7 Å². The number of rotatable bonds is 3.